The van der Waals surface area contributed by atoms with Gasteiger partial charge >= 0.3 is 0 Å². The Morgan fingerprint density at radius 1 is 1.28 bits per heavy atom. The van der Waals surface area contributed by atoms with Gasteiger partial charge in [0.15, 0.2) is 0 Å². The lowest BCUT2D eigenvalue weighted by atomic mass is 10.1. The number of rotatable bonds is 3. The highest BCUT2D eigenvalue weighted by Gasteiger charge is 2.30. The van der Waals surface area contributed by atoms with E-state index in [1.54, 1.807) is 6.20 Å². The maximum Gasteiger partial charge on any atom is 0.270 e. The van der Waals surface area contributed by atoms with E-state index in [-0.39, 0.29) is 12.0 Å². The molecule has 1 aromatic carbocycles. The van der Waals surface area contributed by atoms with Crippen LogP contribution in [0.4, 0.5) is 0 Å². The number of ether oxygens (including phenoxy) is 1. The topological polar surface area (TPSA) is 58.2 Å². The lowest BCUT2D eigenvalue weighted by Gasteiger charge is -2.16. The summed E-state index contributed by atoms with van der Waals surface area (Å²) in [5.74, 6) is 0.651. The number of aromatic amines is 1. The molecule has 0 saturated carbocycles. The van der Waals surface area contributed by atoms with Gasteiger partial charge in [0.05, 0.1) is 6.54 Å². The first-order valence-corrected chi connectivity index (χ1v) is 8.58. The quantitative estimate of drug-likeness (QED) is 0.797. The Kier molecular flexibility index (Phi) is 3.92. The maximum atomic E-state index is 12.9. The van der Waals surface area contributed by atoms with Crippen molar-refractivity contribution in [1.29, 1.82) is 0 Å². The highest BCUT2D eigenvalue weighted by molar-refractivity contribution is 6.01. The normalized spacial score (nSPS) is 17.2. The molecule has 0 radical (unpaired) electrons. The minimum atomic E-state index is -0.00854. The number of aryl methyl sites for hydroxylation is 2. The number of carbonyl (C=O) groups is 1. The van der Waals surface area contributed by atoms with Gasteiger partial charge in [0.1, 0.15) is 11.8 Å². The highest BCUT2D eigenvalue weighted by atomic mass is 16.5. The molecule has 25 heavy (non-hydrogen) atoms. The molecule has 1 aliphatic rings. The standard InChI is InChI=1S/C20H21N3O2/c1-13-6-7-17-16(11-13)14(2)19(22-17)20(24)23-10-8-15(12-23)25-18-5-3-4-9-21-18/h3-7,9,11,15,22H,8,10,12H2,1-2H3. The summed E-state index contributed by atoms with van der Waals surface area (Å²) in [5, 5.41) is 1.11. The van der Waals surface area contributed by atoms with Crippen molar-refractivity contribution >= 4 is 16.8 Å². The van der Waals surface area contributed by atoms with Gasteiger partial charge in [-0.1, -0.05) is 17.7 Å². The van der Waals surface area contributed by atoms with E-state index in [4.69, 9.17) is 4.74 Å². The van der Waals surface area contributed by atoms with E-state index in [0.717, 1.165) is 22.9 Å². The van der Waals surface area contributed by atoms with Gasteiger partial charge in [0, 0.05) is 36.1 Å². The van der Waals surface area contributed by atoms with Gasteiger partial charge in [-0.15, -0.1) is 0 Å². The van der Waals surface area contributed by atoms with Crippen LogP contribution in [0.3, 0.4) is 0 Å². The monoisotopic (exact) mass is 335 g/mol. The van der Waals surface area contributed by atoms with Gasteiger partial charge in [-0.2, -0.15) is 0 Å². The first-order valence-electron chi connectivity index (χ1n) is 8.58. The fourth-order valence-corrected chi connectivity index (χ4v) is 3.41. The van der Waals surface area contributed by atoms with E-state index in [0.29, 0.717) is 24.7 Å². The van der Waals surface area contributed by atoms with Gasteiger partial charge in [-0.25, -0.2) is 4.98 Å². The molecule has 2 aromatic heterocycles. The molecule has 5 nitrogen and oxygen atoms in total. The van der Waals surface area contributed by atoms with Crippen LogP contribution in [0.2, 0.25) is 0 Å². The first-order chi connectivity index (χ1) is 12.1. The van der Waals surface area contributed by atoms with Crippen LogP contribution < -0.4 is 4.74 Å². The van der Waals surface area contributed by atoms with Crippen LogP contribution in [0, 0.1) is 13.8 Å². The number of carbonyl (C=O) groups excluding carboxylic acids is 1. The van der Waals surface area contributed by atoms with Crippen LogP contribution >= 0.6 is 0 Å². The Morgan fingerprint density at radius 3 is 2.96 bits per heavy atom. The molecular weight excluding hydrogens is 314 g/mol. The fourth-order valence-electron chi connectivity index (χ4n) is 3.41. The molecule has 1 aliphatic heterocycles. The third-order valence-corrected chi connectivity index (χ3v) is 4.79. The third-order valence-electron chi connectivity index (χ3n) is 4.79. The zero-order valence-corrected chi connectivity index (χ0v) is 14.5. The molecule has 4 rings (SSSR count). The number of hydrogen-bond donors (Lipinski definition) is 1. The van der Waals surface area contributed by atoms with Crippen molar-refractivity contribution in [2.75, 3.05) is 13.1 Å². The smallest absolute Gasteiger partial charge is 0.270 e. The Morgan fingerprint density at radius 2 is 2.16 bits per heavy atom. The number of nitrogens with one attached hydrogen (secondary N) is 1. The van der Waals surface area contributed by atoms with Crippen molar-refractivity contribution in [1.82, 2.24) is 14.9 Å². The maximum absolute atomic E-state index is 12.9. The molecular formula is C20H21N3O2. The predicted molar refractivity (Wildman–Crippen MR) is 96.9 cm³/mol. The Balaban J connectivity index is 1.51. The van der Waals surface area contributed by atoms with Crippen molar-refractivity contribution in [2.45, 2.75) is 26.4 Å². The number of likely N-dealkylation sites (tertiary alicyclic amines) is 1. The van der Waals surface area contributed by atoms with Gasteiger partial charge in [-0.05, 0) is 37.6 Å². The molecule has 0 spiro atoms. The summed E-state index contributed by atoms with van der Waals surface area (Å²) < 4.78 is 5.88. The number of hydrogen-bond acceptors (Lipinski definition) is 3. The summed E-state index contributed by atoms with van der Waals surface area (Å²) in [6.07, 6.45) is 2.52. The van der Waals surface area contributed by atoms with Crippen LogP contribution in [-0.4, -0.2) is 40.0 Å². The number of pyridine rings is 1. The molecule has 1 amide bonds. The van der Waals surface area contributed by atoms with E-state index in [2.05, 4.69) is 29.0 Å². The number of fused-ring (bicyclic) bond motifs is 1. The summed E-state index contributed by atoms with van der Waals surface area (Å²) in [4.78, 5) is 22.3. The largest absolute Gasteiger partial charge is 0.472 e. The van der Waals surface area contributed by atoms with Gasteiger partial charge in [0.2, 0.25) is 5.88 Å². The molecule has 1 atom stereocenters. The van der Waals surface area contributed by atoms with E-state index in [1.165, 1.54) is 5.56 Å². The second kappa shape index (κ2) is 6.24. The summed E-state index contributed by atoms with van der Waals surface area (Å²) in [5.41, 5.74) is 3.89. The summed E-state index contributed by atoms with van der Waals surface area (Å²) in [6.45, 7) is 5.35. The van der Waals surface area contributed by atoms with E-state index in [9.17, 15) is 4.79 Å². The highest BCUT2D eigenvalue weighted by Crippen LogP contribution is 2.25. The number of aromatic nitrogens is 2. The van der Waals surface area contributed by atoms with Gasteiger partial charge in [-0.3, -0.25) is 4.79 Å². The molecule has 5 heteroatoms. The third kappa shape index (κ3) is 2.97. The van der Waals surface area contributed by atoms with Gasteiger partial charge < -0.3 is 14.6 Å². The summed E-state index contributed by atoms with van der Waals surface area (Å²) in [6, 6.07) is 11.8. The summed E-state index contributed by atoms with van der Waals surface area (Å²) >= 11 is 0. The number of benzene rings is 1. The molecule has 1 saturated heterocycles. The number of H-pyrrole nitrogens is 1. The molecule has 3 heterocycles. The lowest BCUT2D eigenvalue weighted by Crippen LogP contribution is -2.31. The van der Waals surface area contributed by atoms with Crippen LogP contribution in [0.25, 0.3) is 10.9 Å². The van der Waals surface area contributed by atoms with Crippen molar-refractivity contribution < 1.29 is 9.53 Å². The van der Waals surface area contributed by atoms with Crippen LogP contribution in [0.5, 0.6) is 5.88 Å². The van der Waals surface area contributed by atoms with E-state index < -0.39 is 0 Å². The molecule has 1 fully saturated rings. The van der Waals surface area contributed by atoms with Crippen LogP contribution in [-0.2, 0) is 0 Å². The minimum absolute atomic E-state index is 0.00854. The average Bonchev–Trinajstić information content (AvgIpc) is 3.21. The Labute approximate surface area is 146 Å². The predicted octanol–water partition coefficient (Wildman–Crippen LogP) is 3.47. The molecule has 128 valence electrons. The second-order valence-corrected chi connectivity index (χ2v) is 6.62. The zero-order chi connectivity index (χ0) is 17.4. The van der Waals surface area contributed by atoms with Gasteiger partial charge in [0.25, 0.3) is 5.91 Å². The fraction of sp³-hybridized carbons (Fsp3) is 0.300. The van der Waals surface area contributed by atoms with Crippen molar-refractivity contribution in [3.8, 4) is 5.88 Å². The minimum Gasteiger partial charge on any atom is -0.472 e. The second-order valence-electron chi connectivity index (χ2n) is 6.62. The van der Waals surface area contributed by atoms with Crippen molar-refractivity contribution in [3.63, 3.8) is 0 Å². The van der Waals surface area contributed by atoms with Crippen LogP contribution in [0.15, 0.2) is 42.6 Å². The first kappa shape index (κ1) is 15.7. The molecule has 0 aliphatic carbocycles. The Bertz CT molecular complexity index is 917. The zero-order valence-electron chi connectivity index (χ0n) is 14.5. The van der Waals surface area contributed by atoms with Crippen molar-refractivity contribution in [3.05, 3.63) is 59.4 Å². The van der Waals surface area contributed by atoms with E-state index in [1.807, 2.05) is 36.1 Å². The summed E-state index contributed by atoms with van der Waals surface area (Å²) in [7, 11) is 0. The van der Waals surface area contributed by atoms with E-state index >= 15 is 0 Å². The molecule has 1 unspecified atom stereocenters. The SMILES string of the molecule is Cc1ccc2[nH]c(C(=O)N3CCC(Oc4ccccn4)C3)c(C)c2c1. The number of nitrogens with zero attached hydrogens (tertiary/aromatic N) is 2. The average molecular weight is 335 g/mol. The van der Waals surface area contributed by atoms with Crippen LogP contribution in [0.1, 0.15) is 28.0 Å². The molecule has 0 bridgehead atoms. The lowest BCUT2D eigenvalue weighted by molar-refractivity contribution is 0.0765. The molecule has 1 N–H and O–H groups in total. The number of amides is 1. The van der Waals surface area contributed by atoms with Crippen molar-refractivity contribution in [2.24, 2.45) is 0 Å². The Hall–Kier alpha value is -2.82. The molecule has 3 aromatic rings.